The van der Waals surface area contributed by atoms with Gasteiger partial charge in [-0.3, -0.25) is 9.59 Å². The second kappa shape index (κ2) is 17.3. The van der Waals surface area contributed by atoms with E-state index in [9.17, 15) is 27.6 Å². The molecule has 3 aromatic rings. The molecule has 3 aromatic carbocycles. The van der Waals surface area contributed by atoms with E-state index < -0.39 is 63.5 Å². The van der Waals surface area contributed by atoms with Crippen LogP contribution < -0.4 is 16.0 Å². The zero-order chi connectivity index (χ0) is 38.2. The molecule has 3 unspecified atom stereocenters. The highest BCUT2D eigenvalue weighted by Crippen LogP contribution is 2.42. The summed E-state index contributed by atoms with van der Waals surface area (Å²) in [4.78, 5) is 54.7. The number of benzene rings is 3. The Bertz CT molecular complexity index is 1880. The molecule has 2 aliphatic heterocycles. The normalized spacial score (nSPS) is 19.3. The van der Waals surface area contributed by atoms with Gasteiger partial charge in [0.05, 0.1) is 31.4 Å². The van der Waals surface area contributed by atoms with Crippen LogP contribution in [-0.2, 0) is 35.7 Å². The Hall–Kier alpha value is -4.86. The van der Waals surface area contributed by atoms with Gasteiger partial charge in [-0.1, -0.05) is 75.4 Å². The first kappa shape index (κ1) is 39.3. The van der Waals surface area contributed by atoms with Crippen molar-refractivity contribution in [3.05, 3.63) is 101 Å². The van der Waals surface area contributed by atoms with Gasteiger partial charge in [0.25, 0.3) is 0 Å². The van der Waals surface area contributed by atoms with E-state index in [1.165, 1.54) is 40.7 Å². The van der Waals surface area contributed by atoms with E-state index >= 15 is 4.39 Å². The highest BCUT2D eigenvalue weighted by molar-refractivity contribution is 7.89. The molecule has 2 aliphatic rings. The average Bonchev–Trinajstić information content (AvgIpc) is 3.55. The lowest BCUT2D eigenvalue weighted by molar-refractivity contribution is -0.139. The summed E-state index contributed by atoms with van der Waals surface area (Å²) in [5.41, 5.74) is 1.06. The number of rotatable bonds is 12. The zero-order valence-corrected chi connectivity index (χ0v) is 30.9. The molecule has 2 heterocycles. The summed E-state index contributed by atoms with van der Waals surface area (Å²) in [5.74, 6) is -2.71. The van der Waals surface area contributed by atoms with Crippen LogP contribution in [0.25, 0.3) is 0 Å². The van der Waals surface area contributed by atoms with Crippen molar-refractivity contribution in [2.75, 3.05) is 44.7 Å². The molecule has 5 rings (SSSR count). The maximum absolute atomic E-state index is 15.5. The van der Waals surface area contributed by atoms with Gasteiger partial charge in [-0.05, 0) is 48.1 Å². The highest BCUT2D eigenvalue weighted by atomic mass is 32.2. The van der Waals surface area contributed by atoms with Crippen molar-refractivity contribution in [3.63, 3.8) is 0 Å². The maximum atomic E-state index is 15.5. The first-order valence-corrected chi connectivity index (χ1v) is 19.0. The molecule has 0 aromatic heterocycles. The van der Waals surface area contributed by atoms with E-state index in [4.69, 9.17) is 9.47 Å². The number of likely N-dealkylation sites (tertiary alicyclic amines) is 1. The first-order chi connectivity index (χ1) is 25.2. The van der Waals surface area contributed by atoms with E-state index in [1.807, 2.05) is 51.1 Å². The second-order valence-corrected chi connectivity index (χ2v) is 16.3. The average molecular weight is 752 g/mol. The summed E-state index contributed by atoms with van der Waals surface area (Å²) < 4.78 is 55.9. The van der Waals surface area contributed by atoms with Crippen LogP contribution in [0.5, 0.6) is 0 Å². The third-order valence-corrected chi connectivity index (χ3v) is 11.4. The Balaban J connectivity index is 1.35. The molecule has 0 radical (unpaired) electrons. The van der Waals surface area contributed by atoms with Gasteiger partial charge < -0.3 is 30.3 Å². The fourth-order valence-corrected chi connectivity index (χ4v) is 8.44. The predicted octanol–water partition coefficient (Wildman–Crippen LogP) is 4.23. The van der Waals surface area contributed by atoms with E-state index in [0.717, 1.165) is 10.5 Å². The number of nitrogens with one attached hydrogen (secondary N) is 3. The van der Waals surface area contributed by atoms with Crippen LogP contribution in [0, 0.1) is 11.2 Å². The number of hydrogen-bond acceptors (Lipinski definition) is 8. The van der Waals surface area contributed by atoms with Crippen molar-refractivity contribution < 1.29 is 41.5 Å². The number of amides is 4. The molecule has 3 atom stereocenters. The SMILES string of the molecule is CC(C)(C)CCNC(=O)C1CC(S(=O)(=O)N2CCOCC2)C(c2ccccc2F)N1C(=O)CNC(=O)Nc1cccc(C(=O)OCc2ccccc2)c1. The molecule has 0 saturated carbocycles. The summed E-state index contributed by atoms with van der Waals surface area (Å²) >= 11 is 0. The Morgan fingerprint density at radius 1 is 0.925 bits per heavy atom. The lowest BCUT2D eigenvalue weighted by Crippen LogP contribution is -2.51. The summed E-state index contributed by atoms with van der Waals surface area (Å²) in [6, 6.07) is 17.3. The zero-order valence-electron chi connectivity index (χ0n) is 30.0. The van der Waals surface area contributed by atoms with Crippen molar-refractivity contribution in [3.8, 4) is 0 Å². The van der Waals surface area contributed by atoms with Gasteiger partial charge in [-0.25, -0.2) is 22.4 Å². The Morgan fingerprint density at radius 2 is 1.62 bits per heavy atom. The number of urea groups is 1. The lowest BCUT2D eigenvalue weighted by atomic mass is 9.92. The van der Waals surface area contributed by atoms with Crippen LogP contribution in [-0.4, -0.2) is 92.1 Å². The molecule has 4 amide bonds. The van der Waals surface area contributed by atoms with Crippen molar-refractivity contribution in [2.24, 2.45) is 5.41 Å². The molecular formula is C38H46FN5O8S. The van der Waals surface area contributed by atoms with Crippen LogP contribution in [0.15, 0.2) is 78.9 Å². The van der Waals surface area contributed by atoms with Crippen LogP contribution in [0.4, 0.5) is 14.9 Å². The quantitative estimate of drug-likeness (QED) is 0.232. The molecule has 284 valence electrons. The number of carbonyl (C=O) groups excluding carboxylic acids is 4. The number of halogens is 1. The third-order valence-electron chi connectivity index (χ3n) is 9.11. The van der Waals surface area contributed by atoms with Crippen LogP contribution >= 0.6 is 0 Å². The molecule has 3 N–H and O–H groups in total. The van der Waals surface area contributed by atoms with E-state index in [1.54, 1.807) is 12.1 Å². The van der Waals surface area contributed by atoms with Gasteiger partial charge in [0.15, 0.2) is 0 Å². The third kappa shape index (κ3) is 10.2. The van der Waals surface area contributed by atoms with E-state index in [2.05, 4.69) is 16.0 Å². The number of esters is 1. The van der Waals surface area contributed by atoms with Gasteiger partial charge in [0, 0.05) is 30.9 Å². The fourth-order valence-electron chi connectivity index (χ4n) is 6.37. The Morgan fingerprint density at radius 3 is 2.32 bits per heavy atom. The lowest BCUT2D eigenvalue weighted by Gasteiger charge is -2.34. The van der Waals surface area contributed by atoms with Gasteiger partial charge in [-0.15, -0.1) is 0 Å². The molecule has 15 heteroatoms. The van der Waals surface area contributed by atoms with Gasteiger partial charge >= 0.3 is 12.0 Å². The molecule has 53 heavy (non-hydrogen) atoms. The van der Waals surface area contributed by atoms with Crippen LogP contribution in [0.1, 0.15) is 61.1 Å². The van der Waals surface area contributed by atoms with Gasteiger partial charge in [-0.2, -0.15) is 4.31 Å². The van der Waals surface area contributed by atoms with Crippen molar-refractivity contribution >= 4 is 39.5 Å². The molecule has 0 spiro atoms. The predicted molar refractivity (Wildman–Crippen MR) is 196 cm³/mol. The van der Waals surface area contributed by atoms with Gasteiger partial charge in [0.1, 0.15) is 23.7 Å². The number of ether oxygens (including phenoxy) is 2. The molecule has 0 aliphatic carbocycles. The Labute approximate surface area is 309 Å². The molecule has 2 fully saturated rings. The summed E-state index contributed by atoms with van der Waals surface area (Å²) in [7, 11) is -4.18. The van der Waals surface area contributed by atoms with Crippen LogP contribution in [0.2, 0.25) is 0 Å². The smallest absolute Gasteiger partial charge is 0.338 e. The summed E-state index contributed by atoms with van der Waals surface area (Å²) in [6.45, 7) is 6.21. The van der Waals surface area contributed by atoms with Crippen molar-refractivity contribution in [1.82, 2.24) is 19.8 Å². The molecule has 13 nitrogen and oxygen atoms in total. The first-order valence-electron chi connectivity index (χ1n) is 17.5. The number of nitrogens with zero attached hydrogens (tertiary/aromatic N) is 2. The van der Waals surface area contributed by atoms with Crippen molar-refractivity contribution in [2.45, 2.75) is 57.6 Å². The topological polar surface area (TPSA) is 163 Å². The van der Waals surface area contributed by atoms with Crippen LogP contribution in [0.3, 0.4) is 0 Å². The standard InChI is InChI=1S/C38H46FN5O8S/c1-38(2,3)16-17-40-35(46)31-23-32(53(49,50)43-18-20-51-21-19-43)34(29-14-7-8-15-30(29)39)44(31)33(45)24-41-37(48)42-28-13-9-12-27(22-28)36(47)52-25-26-10-5-4-6-11-26/h4-15,22,31-32,34H,16-21,23-25H2,1-3H3,(H,40,46)(H2,41,42,48). The summed E-state index contributed by atoms with van der Waals surface area (Å²) in [5, 5.41) is 6.53. The fraction of sp³-hybridized carbons (Fsp3) is 0.421. The molecule has 0 bridgehead atoms. The van der Waals surface area contributed by atoms with E-state index in [0.29, 0.717) is 6.42 Å². The largest absolute Gasteiger partial charge is 0.457 e. The maximum Gasteiger partial charge on any atom is 0.338 e. The Kier molecular flexibility index (Phi) is 12.9. The number of anilines is 1. The van der Waals surface area contributed by atoms with Gasteiger partial charge in [0.2, 0.25) is 21.8 Å². The minimum atomic E-state index is -4.18. The minimum absolute atomic E-state index is 0.0620. The van der Waals surface area contributed by atoms with E-state index in [-0.39, 0.29) is 68.1 Å². The highest BCUT2D eigenvalue weighted by Gasteiger charge is 2.54. The summed E-state index contributed by atoms with van der Waals surface area (Å²) in [6.07, 6.45) is 0.324. The second-order valence-electron chi connectivity index (χ2n) is 14.2. The number of carbonyl (C=O) groups is 4. The number of hydrogen-bond donors (Lipinski definition) is 3. The molecule has 2 saturated heterocycles. The number of morpholine rings is 1. The van der Waals surface area contributed by atoms with Crippen molar-refractivity contribution in [1.29, 1.82) is 0 Å². The number of sulfonamides is 1. The molecular weight excluding hydrogens is 706 g/mol. The monoisotopic (exact) mass is 751 g/mol. The minimum Gasteiger partial charge on any atom is -0.457 e.